The Balaban J connectivity index is 2.09. The van der Waals surface area contributed by atoms with Gasteiger partial charge in [0.15, 0.2) is 11.0 Å². The third-order valence-corrected chi connectivity index (χ3v) is 5.93. The van der Waals surface area contributed by atoms with E-state index in [1.807, 2.05) is 24.3 Å². The van der Waals surface area contributed by atoms with Crippen molar-refractivity contribution in [3.63, 3.8) is 0 Å². The Morgan fingerprint density at radius 1 is 1.30 bits per heavy atom. The molecule has 148 valence electrons. The highest BCUT2D eigenvalue weighted by Crippen LogP contribution is 2.26. The first kappa shape index (κ1) is 21.9. The molecule has 0 aliphatic carbocycles. The summed E-state index contributed by atoms with van der Waals surface area (Å²) in [6, 6.07) is 7.81. The van der Waals surface area contributed by atoms with E-state index in [9.17, 15) is 4.79 Å². The van der Waals surface area contributed by atoms with Gasteiger partial charge >= 0.3 is 0 Å². The minimum Gasteiger partial charge on any atom is -0.324 e. The molecule has 0 saturated carbocycles. The van der Waals surface area contributed by atoms with Gasteiger partial charge in [0.25, 0.3) is 0 Å². The smallest absolute Gasteiger partial charge is 0.234 e. The number of para-hydroxylation sites is 1. The van der Waals surface area contributed by atoms with Gasteiger partial charge in [-0.05, 0) is 55.0 Å². The normalized spacial score (nSPS) is 12.4. The fraction of sp³-hybridized carbons (Fsp3) is 0.526. The largest absolute Gasteiger partial charge is 0.324 e. The fourth-order valence-electron chi connectivity index (χ4n) is 2.84. The first-order chi connectivity index (χ1) is 13.0. The maximum Gasteiger partial charge on any atom is 0.234 e. The van der Waals surface area contributed by atoms with Gasteiger partial charge in [-0.25, -0.2) is 0 Å². The van der Waals surface area contributed by atoms with E-state index in [2.05, 4.69) is 68.9 Å². The zero-order chi connectivity index (χ0) is 19.8. The summed E-state index contributed by atoms with van der Waals surface area (Å²) in [5.74, 6) is 1.22. The summed E-state index contributed by atoms with van der Waals surface area (Å²) in [7, 11) is 4.12. The van der Waals surface area contributed by atoms with E-state index in [0.29, 0.717) is 5.75 Å². The molecule has 1 aromatic heterocycles. The minimum absolute atomic E-state index is 0.0573. The molecule has 0 radical (unpaired) electrons. The third kappa shape index (κ3) is 6.05. The van der Waals surface area contributed by atoms with Gasteiger partial charge in [0, 0.05) is 11.0 Å². The summed E-state index contributed by atoms with van der Waals surface area (Å²) < 4.78 is 3.04. The molecule has 1 unspecified atom stereocenters. The van der Waals surface area contributed by atoms with E-state index in [-0.39, 0.29) is 11.9 Å². The fourth-order valence-corrected chi connectivity index (χ4v) is 3.99. The molecule has 2 rings (SSSR count). The van der Waals surface area contributed by atoms with Crippen molar-refractivity contribution in [1.29, 1.82) is 0 Å². The van der Waals surface area contributed by atoms with Crippen molar-refractivity contribution in [2.24, 2.45) is 0 Å². The Morgan fingerprint density at radius 2 is 2.04 bits per heavy atom. The van der Waals surface area contributed by atoms with Crippen molar-refractivity contribution in [3.05, 3.63) is 34.6 Å². The number of carbonyl (C=O) groups excluding carboxylic acids is 1. The molecule has 0 fully saturated rings. The molecule has 1 atom stereocenters. The molecule has 0 saturated heterocycles. The molecule has 2 aromatic rings. The molecule has 0 aliphatic heterocycles. The van der Waals surface area contributed by atoms with Crippen LogP contribution in [0.25, 0.3) is 0 Å². The Hall–Kier alpha value is -1.38. The van der Waals surface area contributed by atoms with E-state index in [4.69, 9.17) is 0 Å². The number of halogens is 1. The number of carbonyl (C=O) groups is 1. The van der Waals surface area contributed by atoms with Crippen molar-refractivity contribution in [3.8, 4) is 0 Å². The Morgan fingerprint density at radius 3 is 2.67 bits per heavy atom. The van der Waals surface area contributed by atoms with Crippen LogP contribution in [0.2, 0.25) is 0 Å². The number of anilines is 1. The lowest BCUT2D eigenvalue weighted by molar-refractivity contribution is -0.113. The van der Waals surface area contributed by atoms with Gasteiger partial charge in [-0.3, -0.25) is 9.69 Å². The summed E-state index contributed by atoms with van der Waals surface area (Å²) in [6.07, 6.45) is 3.12. The zero-order valence-corrected chi connectivity index (χ0v) is 18.8. The number of nitrogens with one attached hydrogen (secondary N) is 1. The van der Waals surface area contributed by atoms with Gasteiger partial charge in [-0.15, -0.1) is 10.2 Å². The van der Waals surface area contributed by atoms with Crippen LogP contribution in [0.15, 0.2) is 33.9 Å². The van der Waals surface area contributed by atoms with Crippen molar-refractivity contribution in [2.45, 2.75) is 50.9 Å². The van der Waals surface area contributed by atoms with Crippen molar-refractivity contribution in [1.82, 2.24) is 19.7 Å². The number of thioether (sulfide) groups is 1. The average Bonchev–Trinajstić information content (AvgIpc) is 3.03. The first-order valence-electron chi connectivity index (χ1n) is 9.24. The standard InChI is InChI=1S/C19H28BrN5OS/c1-5-7-12-25-18(16(6-2)24(3)4)22-23-19(25)27-13-17(26)21-15-11-9-8-10-14(15)20/h8-11,16H,5-7,12-13H2,1-4H3,(H,21,26). The van der Waals surface area contributed by atoms with Crippen LogP contribution in [0.4, 0.5) is 5.69 Å². The van der Waals surface area contributed by atoms with Gasteiger partial charge < -0.3 is 9.88 Å². The van der Waals surface area contributed by atoms with E-state index in [1.54, 1.807) is 0 Å². The second kappa shape index (κ2) is 10.8. The molecular weight excluding hydrogens is 426 g/mol. The first-order valence-corrected chi connectivity index (χ1v) is 11.0. The highest BCUT2D eigenvalue weighted by Gasteiger charge is 2.22. The van der Waals surface area contributed by atoms with Crippen molar-refractivity contribution >= 4 is 39.3 Å². The third-order valence-electron chi connectivity index (χ3n) is 4.27. The van der Waals surface area contributed by atoms with Gasteiger partial charge in [0.05, 0.1) is 17.5 Å². The number of benzene rings is 1. The Kier molecular flexibility index (Phi) is 8.79. The second-order valence-electron chi connectivity index (χ2n) is 6.55. The number of hydrogen-bond donors (Lipinski definition) is 1. The highest BCUT2D eigenvalue weighted by atomic mass is 79.9. The van der Waals surface area contributed by atoms with Gasteiger partial charge in [0.2, 0.25) is 5.91 Å². The van der Waals surface area contributed by atoms with Crippen LogP contribution in [0.3, 0.4) is 0 Å². The summed E-state index contributed by atoms with van der Waals surface area (Å²) in [5.41, 5.74) is 0.773. The maximum atomic E-state index is 12.3. The molecule has 1 aromatic carbocycles. The van der Waals surface area contributed by atoms with Crippen LogP contribution < -0.4 is 5.32 Å². The molecule has 0 spiro atoms. The summed E-state index contributed by atoms with van der Waals surface area (Å²) >= 11 is 4.88. The molecule has 6 nitrogen and oxygen atoms in total. The lowest BCUT2D eigenvalue weighted by Gasteiger charge is -2.23. The monoisotopic (exact) mass is 453 g/mol. The Labute approximate surface area is 174 Å². The van der Waals surface area contributed by atoms with E-state index in [0.717, 1.165) is 46.9 Å². The maximum absolute atomic E-state index is 12.3. The number of hydrogen-bond acceptors (Lipinski definition) is 5. The topological polar surface area (TPSA) is 63.1 Å². The number of rotatable bonds is 10. The number of nitrogens with zero attached hydrogens (tertiary/aromatic N) is 4. The Bertz CT molecular complexity index is 749. The second-order valence-corrected chi connectivity index (χ2v) is 8.35. The molecule has 0 aliphatic rings. The lowest BCUT2D eigenvalue weighted by atomic mass is 10.2. The summed E-state index contributed by atoms with van der Waals surface area (Å²) in [4.78, 5) is 14.5. The quantitative estimate of drug-likeness (QED) is 0.533. The lowest BCUT2D eigenvalue weighted by Crippen LogP contribution is -2.23. The van der Waals surface area contributed by atoms with Crippen LogP contribution in [0.1, 0.15) is 45.0 Å². The molecule has 0 bridgehead atoms. The van der Waals surface area contributed by atoms with Gasteiger partial charge in [-0.2, -0.15) is 0 Å². The van der Waals surface area contributed by atoms with Crippen LogP contribution in [0.5, 0.6) is 0 Å². The number of amides is 1. The van der Waals surface area contributed by atoms with Gasteiger partial charge in [0.1, 0.15) is 0 Å². The van der Waals surface area contributed by atoms with Gasteiger partial charge in [-0.1, -0.05) is 44.2 Å². The van der Waals surface area contributed by atoms with E-state index < -0.39 is 0 Å². The van der Waals surface area contributed by atoms with E-state index in [1.165, 1.54) is 11.8 Å². The molecule has 1 heterocycles. The average molecular weight is 454 g/mol. The van der Waals surface area contributed by atoms with Crippen molar-refractivity contribution in [2.75, 3.05) is 25.2 Å². The van der Waals surface area contributed by atoms with Crippen LogP contribution in [0, 0.1) is 0 Å². The molecule has 8 heteroatoms. The highest BCUT2D eigenvalue weighted by molar-refractivity contribution is 9.10. The van der Waals surface area contributed by atoms with E-state index >= 15 is 0 Å². The molecular formula is C19H28BrN5OS. The SMILES string of the molecule is CCCCn1c(SCC(=O)Nc2ccccc2Br)nnc1C(CC)N(C)C. The molecule has 27 heavy (non-hydrogen) atoms. The predicted molar refractivity (Wildman–Crippen MR) is 115 cm³/mol. The number of aromatic nitrogens is 3. The molecule has 1 N–H and O–H groups in total. The minimum atomic E-state index is -0.0573. The van der Waals surface area contributed by atoms with Crippen molar-refractivity contribution < 1.29 is 4.79 Å². The zero-order valence-electron chi connectivity index (χ0n) is 16.4. The number of unbranched alkanes of at least 4 members (excludes halogenated alkanes) is 1. The summed E-state index contributed by atoms with van der Waals surface area (Å²) in [5, 5.41) is 12.6. The summed E-state index contributed by atoms with van der Waals surface area (Å²) in [6.45, 7) is 5.20. The van der Waals surface area contributed by atoms with Crippen LogP contribution >= 0.6 is 27.7 Å². The molecule has 1 amide bonds. The predicted octanol–water partition coefficient (Wildman–Crippen LogP) is 4.58. The van der Waals surface area contributed by atoms with Crippen LogP contribution in [-0.4, -0.2) is 45.4 Å². The van der Waals surface area contributed by atoms with Crippen LogP contribution in [-0.2, 0) is 11.3 Å².